The van der Waals surface area contributed by atoms with E-state index in [0.717, 1.165) is 35.8 Å². The predicted molar refractivity (Wildman–Crippen MR) is 97.0 cm³/mol. The van der Waals surface area contributed by atoms with Gasteiger partial charge in [0, 0.05) is 23.6 Å². The van der Waals surface area contributed by atoms with Crippen LogP contribution in [0.4, 0.5) is 0 Å². The molecule has 1 fully saturated rings. The molecule has 2 aromatic rings. The minimum atomic E-state index is -0.991. The molecule has 2 heterocycles. The Morgan fingerprint density at radius 1 is 1.26 bits per heavy atom. The van der Waals surface area contributed by atoms with Crippen molar-refractivity contribution >= 4 is 22.8 Å². The highest BCUT2D eigenvalue weighted by molar-refractivity contribution is 5.87. The van der Waals surface area contributed by atoms with E-state index in [1.165, 1.54) is 4.90 Å². The maximum Gasteiger partial charge on any atom is 0.339 e. The SMILES string of the molecule is CC(Oc1ccc2c3c(c(=O)oc2c1)CCC3)C(=O)N1CCC[C@@H]1C(=O)O. The fourth-order valence-electron chi connectivity index (χ4n) is 4.11. The molecule has 2 aliphatic rings. The molecule has 1 aromatic carbocycles. The predicted octanol–water partition coefficient (Wildman–Crippen LogP) is 2.12. The number of amides is 1. The van der Waals surface area contributed by atoms with E-state index in [2.05, 4.69) is 0 Å². The van der Waals surface area contributed by atoms with Gasteiger partial charge >= 0.3 is 11.6 Å². The number of carboxylic acids is 1. The number of aliphatic carboxylic acids is 1. The van der Waals surface area contributed by atoms with Crippen molar-refractivity contribution in [1.82, 2.24) is 4.90 Å². The quantitative estimate of drug-likeness (QED) is 0.827. The molecule has 1 amide bonds. The number of aryl methyl sites for hydroxylation is 1. The number of hydrogen-bond acceptors (Lipinski definition) is 5. The number of benzene rings is 1. The smallest absolute Gasteiger partial charge is 0.339 e. The Kier molecular flexibility index (Phi) is 4.37. The molecule has 0 radical (unpaired) electrons. The van der Waals surface area contributed by atoms with Crippen molar-refractivity contribution in [3.63, 3.8) is 0 Å². The second-order valence-corrected chi connectivity index (χ2v) is 7.15. The molecule has 1 N–H and O–H groups in total. The topological polar surface area (TPSA) is 97.0 Å². The van der Waals surface area contributed by atoms with Gasteiger partial charge in [-0.1, -0.05) is 0 Å². The van der Waals surface area contributed by atoms with Gasteiger partial charge < -0.3 is 19.2 Å². The standard InChI is InChI=1S/C20H21NO6/c1-11(18(22)21-9-3-6-16(21)19(23)24)26-12-7-8-14-13-4-2-5-15(13)20(25)27-17(14)10-12/h7-8,10-11,16H,2-6,9H2,1H3,(H,23,24)/t11?,16-/m1/s1. The van der Waals surface area contributed by atoms with Gasteiger partial charge in [0.25, 0.3) is 5.91 Å². The minimum absolute atomic E-state index is 0.308. The normalized spacial score (nSPS) is 19.9. The molecule has 7 nitrogen and oxygen atoms in total. The maximum absolute atomic E-state index is 12.6. The Balaban J connectivity index is 1.56. The molecule has 1 aliphatic heterocycles. The first-order valence-corrected chi connectivity index (χ1v) is 9.24. The van der Waals surface area contributed by atoms with Crippen LogP contribution in [-0.4, -0.2) is 40.6 Å². The van der Waals surface area contributed by atoms with Gasteiger partial charge in [-0.15, -0.1) is 0 Å². The van der Waals surface area contributed by atoms with E-state index in [1.54, 1.807) is 19.1 Å². The first-order chi connectivity index (χ1) is 13.0. The number of carbonyl (C=O) groups excluding carboxylic acids is 1. The van der Waals surface area contributed by atoms with Crippen LogP contribution < -0.4 is 10.4 Å². The van der Waals surface area contributed by atoms with E-state index in [1.807, 2.05) is 6.07 Å². The lowest BCUT2D eigenvalue weighted by Crippen LogP contribution is -2.46. The molecule has 0 spiro atoms. The van der Waals surface area contributed by atoms with E-state index in [4.69, 9.17) is 9.15 Å². The van der Waals surface area contributed by atoms with Crippen LogP contribution >= 0.6 is 0 Å². The molecular formula is C20H21NO6. The van der Waals surface area contributed by atoms with Crippen LogP contribution in [0.1, 0.15) is 37.3 Å². The molecule has 27 heavy (non-hydrogen) atoms. The van der Waals surface area contributed by atoms with Crippen molar-refractivity contribution in [1.29, 1.82) is 0 Å². The van der Waals surface area contributed by atoms with Gasteiger partial charge in [-0.2, -0.15) is 0 Å². The number of rotatable bonds is 4. The third kappa shape index (κ3) is 3.07. The zero-order valence-corrected chi connectivity index (χ0v) is 15.1. The average molecular weight is 371 g/mol. The summed E-state index contributed by atoms with van der Waals surface area (Å²) in [5.74, 6) is -0.930. The summed E-state index contributed by atoms with van der Waals surface area (Å²) in [6, 6.07) is 4.44. The number of carboxylic acid groups (broad SMARTS) is 1. The van der Waals surface area contributed by atoms with Gasteiger partial charge in [0.05, 0.1) is 0 Å². The van der Waals surface area contributed by atoms with Crippen molar-refractivity contribution < 1.29 is 23.8 Å². The highest BCUT2D eigenvalue weighted by Gasteiger charge is 2.36. The van der Waals surface area contributed by atoms with Gasteiger partial charge in [-0.25, -0.2) is 9.59 Å². The van der Waals surface area contributed by atoms with Crippen LogP contribution in [-0.2, 0) is 22.4 Å². The highest BCUT2D eigenvalue weighted by atomic mass is 16.5. The van der Waals surface area contributed by atoms with Gasteiger partial charge in [-0.3, -0.25) is 4.79 Å². The van der Waals surface area contributed by atoms with E-state index in [9.17, 15) is 19.5 Å². The lowest BCUT2D eigenvalue weighted by atomic mass is 10.1. The van der Waals surface area contributed by atoms with Gasteiger partial charge in [0.2, 0.25) is 0 Å². The Labute approximate surface area is 155 Å². The number of fused-ring (bicyclic) bond motifs is 3. The number of likely N-dealkylation sites (tertiary alicyclic amines) is 1. The molecule has 142 valence electrons. The molecule has 7 heteroatoms. The van der Waals surface area contributed by atoms with Crippen molar-refractivity contribution in [3.05, 3.63) is 39.7 Å². The van der Waals surface area contributed by atoms with Crippen LogP contribution in [0.15, 0.2) is 27.4 Å². The number of carbonyl (C=O) groups is 2. The molecule has 4 rings (SSSR count). The number of hydrogen-bond donors (Lipinski definition) is 1. The third-order valence-electron chi connectivity index (χ3n) is 5.43. The summed E-state index contributed by atoms with van der Waals surface area (Å²) >= 11 is 0. The number of nitrogens with zero attached hydrogens (tertiary/aromatic N) is 1. The van der Waals surface area contributed by atoms with E-state index >= 15 is 0 Å². The average Bonchev–Trinajstić information content (AvgIpc) is 3.30. The summed E-state index contributed by atoms with van der Waals surface area (Å²) in [5.41, 5.74) is 1.94. The first kappa shape index (κ1) is 17.6. The van der Waals surface area contributed by atoms with Crippen molar-refractivity contribution in [2.75, 3.05) is 6.54 Å². The van der Waals surface area contributed by atoms with Crippen LogP contribution in [0.25, 0.3) is 11.0 Å². The van der Waals surface area contributed by atoms with Gasteiger partial charge in [0.15, 0.2) is 6.10 Å². The zero-order valence-electron chi connectivity index (χ0n) is 15.1. The Bertz CT molecular complexity index is 978. The van der Waals surface area contributed by atoms with Crippen LogP contribution in [0.2, 0.25) is 0 Å². The van der Waals surface area contributed by atoms with Crippen molar-refractivity contribution in [3.8, 4) is 5.75 Å². The Morgan fingerprint density at radius 3 is 2.81 bits per heavy atom. The van der Waals surface area contributed by atoms with E-state index < -0.39 is 18.1 Å². The van der Waals surface area contributed by atoms with E-state index in [-0.39, 0.29) is 11.5 Å². The molecule has 1 saturated heterocycles. The summed E-state index contributed by atoms with van der Waals surface area (Å²) in [6.45, 7) is 2.02. The lowest BCUT2D eigenvalue weighted by Gasteiger charge is -2.25. The molecule has 1 unspecified atom stereocenters. The molecule has 2 atom stereocenters. The van der Waals surface area contributed by atoms with Crippen molar-refractivity contribution in [2.45, 2.75) is 51.2 Å². The van der Waals surface area contributed by atoms with Crippen LogP contribution in [0.5, 0.6) is 5.75 Å². The molecule has 1 aliphatic carbocycles. The fourth-order valence-corrected chi connectivity index (χ4v) is 4.11. The highest BCUT2D eigenvalue weighted by Crippen LogP contribution is 2.30. The summed E-state index contributed by atoms with van der Waals surface area (Å²) < 4.78 is 11.2. The van der Waals surface area contributed by atoms with Crippen molar-refractivity contribution in [2.24, 2.45) is 0 Å². The molecule has 1 aromatic heterocycles. The molecule has 0 bridgehead atoms. The zero-order chi connectivity index (χ0) is 19.1. The molecule has 0 saturated carbocycles. The summed E-state index contributed by atoms with van der Waals surface area (Å²) in [6.07, 6.45) is 2.85. The van der Waals surface area contributed by atoms with Gasteiger partial charge in [-0.05, 0) is 56.7 Å². The Morgan fingerprint density at radius 2 is 2.04 bits per heavy atom. The summed E-state index contributed by atoms with van der Waals surface area (Å²) in [7, 11) is 0. The first-order valence-electron chi connectivity index (χ1n) is 9.24. The largest absolute Gasteiger partial charge is 0.481 e. The van der Waals surface area contributed by atoms with Crippen LogP contribution in [0.3, 0.4) is 0 Å². The van der Waals surface area contributed by atoms with E-state index in [0.29, 0.717) is 30.7 Å². The maximum atomic E-state index is 12.6. The molecular weight excluding hydrogens is 350 g/mol. The summed E-state index contributed by atoms with van der Waals surface area (Å²) in [5, 5.41) is 10.2. The lowest BCUT2D eigenvalue weighted by molar-refractivity contribution is -0.150. The van der Waals surface area contributed by atoms with Crippen LogP contribution in [0, 0.1) is 0 Å². The second kappa shape index (κ2) is 6.72. The third-order valence-corrected chi connectivity index (χ3v) is 5.43. The second-order valence-electron chi connectivity index (χ2n) is 7.15. The fraction of sp³-hybridized carbons (Fsp3) is 0.450. The number of ether oxygens (including phenoxy) is 1. The Hall–Kier alpha value is -2.83. The van der Waals surface area contributed by atoms with Gasteiger partial charge in [0.1, 0.15) is 17.4 Å². The minimum Gasteiger partial charge on any atom is -0.481 e. The summed E-state index contributed by atoms with van der Waals surface area (Å²) in [4.78, 5) is 37.4. The monoisotopic (exact) mass is 371 g/mol.